The number of nitrogen functional groups attached to an aromatic ring is 1. The van der Waals surface area contributed by atoms with Crippen molar-refractivity contribution in [2.45, 2.75) is 19.8 Å². The number of nitrogens with zero attached hydrogens (tertiary/aromatic N) is 3. The first-order chi connectivity index (χ1) is 6.07. The van der Waals surface area contributed by atoms with E-state index in [0.717, 1.165) is 0 Å². The summed E-state index contributed by atoms with van der Waals surface area (Å²) < 4.78 is 4.92. The number of aromatic nitrogens is 2. The Labute approximate surface area is 75.5 Å². The first-order valence-electron chi connectivity index (χ1n) is 4.06. The molecule has 0 amide bonds. The van der Waals surface area contributed by atoms with Crippen molar-refractivity contribution in [1.82, 2.24) is 10.1 Å². The van der Waals surface area contributed by atoms with Gasteiger partial charge in [0, 0.05) is 0 Å². The van der Waals surface area contributed by atoms with Crippen LogP contribution in [0.2, 0.25) is 0 Å². The molecule has 2 unspecified atom stereocenters. The van der Waals surface area contributed by atoms with Gasteiger partial charge in [0.15, 0.2) is 0 Å². The standard InChI is InChI=1S/C8H10N4O/c1-8(2)4(3-9)5(8)6-11-7(10)12-13-6/h4-5H,1-2H3,(H2,10,12). The third-order valence-electron chi connectivity index (χ3n) is 2.69. The number of anilines is 1. The smallest absolute Gasteiger partial charge is 0.260 e. The maximum Gasteiger partial charge on any atom is 0.260 e. The molecule has 2 rings (SSSR count). The molecule has 1 aromatic rings. The van der Waals surface area contributed by atoms with Crippen molar-refractivity contribution in [1.29, 1.82) is 5.26 Å². The van der Waals surface area contributed by atoms with E-state index in [9.17, 15) is 0 Å². The Hall–Kier alpha value is -1.57. The summed E-state index contributed by atoms with van der Waals surface area (Å²) in [6, 6.07) is 2.22. The number of nitrogens with two attached hydrogens (primary N) is 1. The second-order valence-corrected chi connectivity index (χ2v) is 3.90. The highest BCUT2D eigenvalue weighted by atomic mass is 16.5. The highest BCUT2D eigenvalue weighted by Crippen LogP contribution is 2.63. The Morgan fingerprint density at radius 1 is 1.62 bits per heavy atom. The van der Waals surface area contributed by atoms with Crippen LogP contribution in [0.3, 0.4) is 0 Å². The van der Waals surface area contributed by atoms with Crippen LogP contribution in [0, 0.1) is 22.7 Å². The minimum Gasteiger partial charge on any atom is -0.365 e. The normalized spacial score (nSPS) is 29.6. The molecule has 0 aromatic carbocycles. The average molecular weight is 178 g/mol. The van der Waals surface area contributed by atoms with Crippen LogP contribution in [-0.4, -0.2) is 10.1 Å². The molecule has 0 radical (unpaired) electrons. The summed E-state index contributed by atoms with van der Waals surface area (Å²) >= 11 is 0. The van der Waals surface area contributed by atoms with Crippen LogP contribution in [-0.2, 0) is 0 Å². The van der Waals surface area contributed by atoms with E-state index >= 15 is 0 Å². The largest absolute Gasteiger partial charge is 0.365 e. The van der Waals surface area contributed by atoms with Crippen molar-refractivity contribution < 1.29 is 4.52 Å². The summed E-state index contributed by atoms with van der Waals surface area (Å²) in [5.41, 5.74) is 5.26. The zero-order valence-electron chi connectivity index (χ0n) is 7.48. The second kappa shape index (κ2) is 2.22. The molecule has 5 heteroatoms. The van der Waals surface area contributed by atoms with Crippen molar-refractivity contribution in [2.75, 3.05) is 5.73 Å². The SMILES string of the molecule is CC1(C)C(C#N)C1c1nc(N)no1. The van der Waals surface area contributed by atoms with Crippen molar-refractivity contribution in [3.05, 3.63) is 5.89 Å². The zero-order chi connectivity index (χ0) is 9.64. The summed E-state index contributed by atoms with van der Waals surface area (Å²) in [4.78, 5) is 3.92. The van der Waals surface area contributed by atoms with Crippen LogP contribution < -0.4 is 5.73 Å². The molecule has 68 valence electrons. The van der Waals surface area contributed by atoms with Crippen molar-refractivity contribution in [3.63, 3.8) is 0 Å². The average Bonchev–Trinajstić information content (AvgIpc) is 2.41. The minimum absolute atomic E-state index is 0.0349. The fourth-order valence-corrected chi connectivity index (χ4v) is 1.71. The molecule has 0 spiro atoms. The zero-order valence-corrected chi connectivity index (χ0v) is 7.48. The predicted octanol–water partition coefficient (Wildman–Crippen LogP) is 0.915. The van der Waals surface area contributed by atoms with E-state index < -0.39 is 0 Å². The number of hydrogen-bond acceptors (Lipinski definition) is 5. The van der Waals surface area contributed by atoms with Gasteiger partial charge >= 0.3 is 0 Å². The summed E-state index contributed by atoms with van der Waals surface area (Å²) in [6.07, 6.45) is 0. The molecule has 2 N–H and O–H groups in total. The lowest BCUT2D eigenvalue weighted by Crippen LogP contribution is -1.91. The lowest BCUT2D eigenvalue weighted by Gasteiger charge is -1.94. The first kappa shape index (κ1) is 8.05. The predicted molar refractivity (Wildman–Crippen MR) is 44.3 cm³/mol. The van der Waals surface area contributed by atoms with Gasteiger partial charge in [0.2, 0.25) is 5.89 Å². The van der Waals surface area contributed by atoms with Crippen LogP contribution in [0.1, 0.15) is 25.7 Å². The molecule has 1 fully saturated rings. The fraction of sp³-hybridized carbons (Fsp3) is 0.625. The van der Waals surface area contributed by atoms with E-state index in [1.165, 1.54) is 0 Å². The molecule has 1 aromatic heterocycles. The van der Waals surface area contributed by atoms with Gasteiger partial charge in [0.05, 0.1) is 17.9 Å². The second-order valence-electron chi connectivity index (χ2n) is 3.90. The van der Waals surface area contributed by atoms with Crippen LogP contribution in [0.25, 0.3) is 0 Å². The highest BCUT2D eigenvalue weighted by Gasteiger charge is 2.62. The molecule has 0 bridgehead atoms. The van der Waals surface area contributed by atoms with E-state index in [2.05, 4.69) is 16.2 Å². The lowest BCUT2D eigenvalue weighted by atomic mass is 10.1. The van der Waals surface area contributed by atoms with E-state index in [0.29, 0.717) is 5.89 Å². The van der Waals surface area contributed by atoms with E-state index in [1.54, 1.807) is 0 Å². The highest BCUT2D eigenvalue weighted by molar-refractivity contribution is 5.28. The van der Waals surface area contributed by atoms with Crippen molar-refractivity contribution in [2.24, 2.45) is 11.3 Å². The molecule has 2 atom stereocenters. The molecule has 0 saturated heterocycles. The summed E-state index contributed by atoms with van der Waals surface area (Å²) in [5, 5.41) is 12.3. The molecule has 1 saturated carbocycles. The topological polar surface area (TPSA) is 88.7 Å². The van der Waals surface area contributed by atoms with Gasteiger partial charge in [0.1, 0.15) is 0 Å². The molecular formula is C8H10N4O. The molecular weight excluding hydrogens is 168 g/mol. The maximum absolute atomic E-state index is 8.81. The van der Waals surface area contributed by atoms with E-state index in [4.69, 9.17) is 15.5 Å². The van der Waals surface area contributed by atoms with Gasteiger partial charge in [-0.3, -0.25) is 0 Å². The molecule has 1 aliphatic carbocycles. The molecule has 1 aliphatic rings. The van der Waals surface area contributed by atoms with Gasteiger partial charge in [0.25, 0.3) is 5.95 Å². The van der Waals surface area contributed by atoms with Gasteiger partial charge in [-0.15, -0.1) is 0 Å². The van der Waals surface area contributed by atoms with E-state index in [-0.39, 0.29) is 23.2 Å². The lowest BCUT2D eigenvalue weighted by molar-refractivity contribution is 0.368. The third-order valence-corrected chi connectivity index (χ3v) is 2.69. The number of rotatable bonds is 1. The number of nitriles is 1. The van der Waals surface area contributed by atoms with Crippen LogP contribution in [0.15, 0.2) is 4.52 Å². The molecule has 0 aliphatic heterocycles. The maximum atomic E-state index is 8.81. The Kier molecular flexibility index (Phi) is 1.38. The molecule has 13 heavy (non-hydrogen) atoms. The van der Waals surface area contributed by atoms with Crippen LogP contribution >= 0.6 is 0 Å². The van der Waals surface area contributed by atoms with Crippen LogP contribution in [0.4, 0.5) is 5.95 Å². The summed E-state index contributed by atoms with van der Waals surface area (Å²) in [6.45, 7) is 4.01. The van der Waals surface area contributed by atoms with Gasteiger partial charge in [-0.1, -0.05) is 13.8 Å². The molecule has 1 heterocycles. The van der Waals surface area contributed by atoms with Gasteiger partial charge in [-0.05, 0) is 10.6 Å². The van der Waals surface area contributed by atoms with Crippen molar-refractivity contribution >= 4 is 5.95 Å². The minimum atomic E-state index is -0.0618. The Balaban J connectivity index is 2.27. The van der Waals surface area contributed by atoms with Gasteiger partial charge in [-0.2, -0.15) is 10.2 Å². The van der Waals surface area contributed by atoms with Crippen molar-refractivity contribution in [3.8, 4) is 6.07 Å². The third kappa shape index (κ3) is 0.985. The Morgan fingerprint density at radius 3 is 2.69 bits per heavy atom. The quantitative estimate of drug-likeness (QED) is 0.690. The van der Waals surface area contributed by atoms with E-state index in [1.807, 2.05) is 13.8 Å². The van der Waals surface area contributed by atoms with Gasteiger partial charge < -0.3 is 10.3 Å². The Bertz CT molecular complexity index is 376. The first-order valence-corrected chi connectivity index (χ1v) is 4.06. The summed E-state index contributed by atoms with van der Waals surface area (Å²) in [5.74, 6) is 0.623. The summed E-state index contributed by atoms with van der Waals surface area (Å²) in [7, 11) is 0. The monoisotopic (exact) mass is 178 g/mol. The van der Waals surface area contributed by atoms with Gasteiger partial charge in [-0.25, -0.2) is 0 Å². The molecule has 5 nitrogen and oxygen atoms in total. The fourth-order valence-electron chi connectivity index (χ4n) is 1.71. The number of hydrogen-bond donors (Lipinski definition) is 1. The Morgan fingerprint density at radius 2 is 2.31 bits per heavy atom. The van der Waals surface area contributed by atoms with Crippen LogP contribution in [0.5, 0.6) is 0 Å².